The van der Waals surface area contributed by atoms with Gasteiger partial charge in [-0.3, -0.25) is 0 Å². The molecule has 1 N–H and O–H groups in total. The molecule has 0 spiro atoms. The van der Waals surface area contributed by atoms with E-state index in [2.05, 4.69) is 25.5 Å². The predicted octanol–water partition coefficient (Wildman–Crippen LogP) is 2.45. The number of anilines is 1. The lowest BCUT2D eigenvalue weighted by atomic mass is 10.3. The molecule has 7 heteroatoms. The van der Waals surface area contributed by atoms with E-state index in [0.29, 0.717) is 0 Å². The Morgan fingerprint density at radius 2 is 1.88 bits per heavy atom. The van der Waals surface area contributed by atoms with Gasteiger partial charge >= 0.3 is 0 Å². The molecule has 2 aromatic rings. The summed E-state index contributed by atoms with van der Waals surface area (Å²) in [4.78, 5) is 8.77. The number of nitrogens with zero attached hydrogens (tertiary/aromatic N) is 4. The molecule has 0 radical (unpaired) electrons. The molecule has 0 aliphatic rings. The standard InChI is InChI=1S/C10H13N5S2/c1-5-8(11-4)12-6(2)13-9(5)17-10-15-14-7(3)16-10/h1-4H3,(H,11,12,13). The molecule has 0 aliphatic carbocycles. The Morgan fingerprint density at radius 1 is 1.12 bits per heavy atom. The van der Waals surface area contributed by atoms with Crippen molar-refractivity contribution in [2.45, 2.75) is 30.1 Å². The predicted molar refractivity (Wildman–Crippen MR) is 69.8 cm³/mol. The van der Waals surface area contributed by atoms with Crippen molar-refractivity contribution >= 4 is 28.9 Å². The van der Waals surface area contributed by atoms with E-state index in [1.165, 1.54) is 11.8 Å². The lowest BCUT2D eigenvalue weighted by molar-refractivity contribution is 0.933. The Hall–Kier alpha value is -1.21. The maximum absolute atomic E-state index is 4.44. The van der Waals surface area contributed by atoms with E-state index >= 15 is 0 Å². The minimum Gasteiger partial charge on any atom is -0.373 e. The van der Waals surface area contributed by atoms with E-state index in [1.54, 1.807) is 11.3 Å². The fourth-order valence-electron chi connectivity index (χ4n) is 1.35. The van der Waals surface area contributed by atoms with E-state index in [0.717, 1.165) is 31.6 Å². The van der Waals surface area contributed by atoms with Crippen LogP contribution in [0.25, 0.3) is 0 Å². The fraction of sp³-hybridized carbons (Fsp3) is 0.400. The van der Waals surface area contributed by atoms with Gasteiger partial charge in [0.1, 0.15) is 21.7 Å². The summed E-state index contributed by atoms with van der Waals surface area (Å²) in [5.41, 5.74) is 1.04. The number of aromatic nitrogens is 4. The monoisotopic (exact) mass is 267 g/mol. The van der Waals surface area contributed by atoms with Crippen molar-refractivity contribution in [1.29, 1.82) is 0 Å². The summed E-state index contributed by atoms with van der Waals surface area (Å²) in [6.45, 7) is 5.83. The van der Waals surface area contributed by atoms with Crippen LogP contribution < -0.4 is 5.32 Å². The highest BCUT2D eigenvalue weighted by molar-refractivity contribution is 8.01. The van der Waals surface area contributed by atoms with Gasteiger partial charge in [-0.1, -0.05) is 11.3 Å². The molecular formula is C10H13N5S2. The molecule has 5 nitrogen and oxygen atoms in total. The van der Waals surface area contributed by atoms with E-state index in [4.69, 9.17) is 0 Å². The van der Waals surface area contributed by atoms with Gasteiger partial charge in [-0.2, -0.15) is 0 Å². The zero-order valence-electron chi connectivity index (χ0n) is 10.1. The molecule has 0 amide bonds. The number of aryl methyl sites for hydroxylation is 2. The first kappa shape index (κ1) is 12.3. The van der Waals surface area contributed by atoms with Crippen molar-refractivity contribution in [3.05, 3.63) is 16.4 Å². The third-order valence-corrected chi connectivity index (χ3v) is 4.12. The highest BCUT2D eigenvalue weighted by Gasteiger charge is 2.11. The number of rotatable bonds is 3. The summed E-state index contributed by atoms with van der Waals surface area (Å²) in [6.07, 6.45) is 0. The Labute approximate surface area is 108 Å². The van der Waals surface area contributed by atoms with Crippen molar-refractivity contribution in [2.24, 2.45) is 0 Å². The lowest BCUT2D eigenvalue weighted by Crippen LogP contribution is -2.01. The van der Waals surface area contributed by atoms with Crippen LogP contribution in [0.5, 0.6) is 0 Å². The maximum atomic E-state index is 4.44. The zero-order chi connectivity index (χ0) is 12.4. The van der Waals surface area contributed by atoms with Crippen LogP contribution in [-0.2, 0) is 0 Å². The minimum atomic E-state index is 0.753. The van der Waals surface area contributed by atoms with E-state index < -0.39 is 0 Å². The molecule has 0 fully saturated rings. The third-order valence-electron chi connectivity index (χ3n) is 2.14. The molecule has 2 rings (SSSR count). The van der Waals surface area contributed by atoms with Crippen LogP contribution in [0.15, 0.2) is 9.37 Å². The van der Waals surface area contributed by atoms with Crippen LogP contribution in [0.3, 0.4) is 0 Å². The molecular weight excluding hydrogens is 254 g/mol. The van der Waals surface area contributed by atoms with E-state index in [1.807, 2.05) is 27.8 Å². The summed E-state index contributed by atoms with van der Waals surface area (Å²) < 4.78 is 0.908. The lowest BCUT2D eigenvalue weighted by Gasteiger charge is -2.08. The van der Waals surface area contributed by atoms with Crippen LogP contribution >= 0.6 is 23.1 Å². The summed E-state index contributed by atoms with van der Waals surface area (Å²) in [7, 11) is 1.86. The Balaban J connectivity index is 2.35. The normalized spacial score (nSPS) is 10.6. The third kappa shape index (κ3) is 2.73. The minimum absolute atomic E-state index is 0.753. The van der Waals surface area contributed by atoms with Gasteiger partial charge in [-0.25, -0.2) is 9.97 Å². The van der Waals surface area contributed by atoms with Gasteiger partial charge in [0.2, 0.25) is 0 Å². The van der Waals surface area contributed by atoms with Gasteiger partial charge in [0.25, 0.3) is 0 Å². The molecule has 0 aliphatic heterocycles. The first-order valence-electron chi connectivity index (χ1n) is 5.11. The van der Waals surface area contributed by atoms with Crippen molar-refractivity contribution in [3.63, 3.8) is 0 Å². The second kappa shape index (κ2) is 4.97. The molecule has 0 saturated heterocycles. The van der Waals surface area contributed by atoms with Crippen molar-refractivity contribution in [3.8, 4) is 0 Å². The molecule has 0 atom stereocenters. The Morgan fingerprint density at radius 3 is 2.47 bits per heavy atom. The van der Waals surface area contributed by atoms with Crippen LogP contribution in [0.4, 0.5) is 5.82 Å². The molecule has 0 saturated carbocycles. The number of hydrogen-bond donors (Lipinski definition) is 1. The van der Waals surface area contributed by atoms with Crippen LogP contribution in [-0.4, -0.2) is 27.2 Å². The molecule has 0 aromatic carbocycles. The van der Waals surface area contributed by atoms with Gasteiger partial charge in [-0.05, 0) is 32.5 Å². The SMILES string of the molecule is CNc1nc(C)nc(Sc2nnc(C)s2)c1C. The van der Waals surface area contributed by atoms with E-state index in [-0.39, 0.29) is 0 Å². The molecule has 2 aromatic heterocycles. The number of hydrogen-bond acceptors (Lipinski definition) is 7. The fourth-order valence-corrected chi connectivity index (χ4v) is 3.20. The smallest absolute Gasteiger partial charge is 0.180 e. The quantitative estimate of drug-likeness (QED) is 0.862. The van der Waals surface area contributed by atoms with Crippen molar-refractivity contribution in [2.75, 3.05) is 12.4 Å². The summed E-state index contributed by atoms with van der Waals surface area (Å²) >= 11 is 3.10. The average Bonchev–Trinajstić information content (AvgIpc) is 2.69. The summed E-state index contributed by atoms with van der Waals surface area (Å²) in [5.74, 6) is 1.62. The van der Waals surface area contributed by atoms with Gasteiger partial charge in [0.05, 0.1) is 0 Å². The van der Waals surface area contributed by atoms with Gasteiger partial charge in [0, 0.05) is 12.6 Å². The topological polar surface area (TPSA) is 63.6 Å². The second-order valence-corrected chi connectivity index (χ2v) is 5.91. The summed E-state index contributed by atoms with van der Waals surface area (Å²) in [5, 5.41) is 13.0. The second-order valence-electron chi connectivity index (χ2n) is 3.49. The van der Waals surface area contributed by atoms with E-state index in [9.17, 15) is 0 Å². The maximum Gasteiger partial charge on any atom is 0.180 e. The zero-order valence-corrected chi connectivity index (χ0v) is 11.7. The first-order valence-corrected chi connectivity index (χ1v) is 6.74. The first-order chi connectivity index (χ1) is 8.10. The molecule has 0 unspecified atom stereocenters. The van der Waals surface area contributed by atoms with Gasteiger partial charge in [-0.15, -0.1) is 10.2 Å². The molecule has 2 heterocycles. The highest BCUT2D eigenvalue weighted by Crippen LogP contribution is 2.32. The summed E-state index contributed by atoms with van der Waals surface area (Å²) in [6, 6.07) is 0. The largest absolute Gasteiger partial charge is 0.373 e. The van der Waals surface area contributed by atoms with Crippen LogP contribution in [0.1, 0.15) is 16.4 Å². The van der Waals surface area contributed by atoms with Gasteiger partial charge < -0.3 is 5.32 Å². The molecule has 0 bridgehead atoms. The van der Waals surface area contributed by atoms with Crippen molar-refractivity contribution in [1.82, 2.24) is 20.2 Å². The average molecular weight is 267 g/mol. The van der Waals surface area contributed by atoms with Crippen LogP contribution in [0.2, 0.25) is 0 Å². The Bertz CT molecular complexity index is 537. The van der Waals surface area contributed by atoms with Crippen LogP contribution in [0, 0.1) is 20.8 Å². The Kier molecular flexibility index (Phi) is 3.58. The van der Waals surface area contributed by atoms with Gasteiger partial charge in [0.15, 0.2) is 4.34 Å². The number of nitrogens with one attached hydrogen (secondary N) is 1. The molecule has 17 heavy (non-hydrogen) atoms. The molecule has 90 valence electrons. The highest BCUT2D eigenvalue weighted by atomic mass is 32.2. The van der Waals surface area contributed by atoms with Crippen molar-refractivity contribution < 1.29 is 0 Å².